The third-order valence-electron chi connectivity index (χ3n) is 4.09. The fourth-order valence-corrected chi connectivity index (χ4v) is 2.73. The van der Waals surface area contributed by atoms with E-state index in [0.29, 0.717) is 32.5 Å². The van der Waals surface area contributed by atoms with E-state index >= 15 is 0 Å². The smallest absolute Gasteiger partial charge is 0.309 e. The topological polar surface area (TPSA) is 58.6 Å². The number of rotatable bonds is 5. The van der Waals surface area contributed by atoms with E-state index in [2.05, 4.69) is 5.32 Å². The van der Waals surface area contributed by atoms with Crippen LogP contribution in [-0.2, 0) is 14.3 Å². The number of nitrogens with one attached hydrogen (secondary N) is 1. The lowest BCUT2D eigenvalue weighted by Gasteiger charge is -2.31. The van der Waals surface area contributed by atoms with Gasteiger partial charge in [0.2, 0.25) is 5.91 Å². The van der Waals surface area contributed by atoms with Crippen LogP contribution < -0.4 is 5.32 Å². The van der Waals surface area contributed by atoms with Gasteiger partial charge in [0.05, 0.1) is 19.1 Å². The molecule has 0 bridgehead atoms. The summed E-state index contributed by atoms with van der Waals surface area (Å²) in [4.78, 5) is 25.7. The largest absolute Gasteiger partial charge is 0.466 e. The molecular weight excluding hydrogens is 299 g/mol. The van der Waals surface area contributed by atoms with Gasteiger partial charge in [-0.05, 0) is 50.5 Å². The molecule has 1 aliphatic heterocycles. The summed E-state index contributed by atoms with van der Waals surface area (Å²) >= 11 is 0. The Hall–Kier alpha value is -2.11. The Morgan fingerprint density at radius 2 is 2.04 bits per heavy atom. The Morgan fingerprint density at radius 1 is 1.35 bits per heavy atom. The summed E-state index contributed by atoms with van der Waals surface area (Å²) in [7, 11) is 0. The molecule has 1 saturated heterocycles. The highest BCUT2D eigenvalue weighted by atomic mass is 19.1. The number of nitrogens with zero attached hydrogens (tertiary/aromatic N) is 1. The molecule has 126 valence electrons. The van der Waals surface area contributed by atoms with Gasteiger partial charge < -0.3 is 15.0 Å². The van der Waals surface area contributed by atoms with Crippen molar-refractivity contribution in [3.8, 4) is 0 Å². The van der Waals surface area contributed by atoms with Crippen LogP contribution >= 0.6 is 0 Å². The van der Waals surface area contributed by atoms with Crippen LogP contribution in [0.25, 0.3) is 0 Å². The SMILES string of the molecule is CCOC(=O)C1CCN(C(=O)CNc2ccc(F)cc2C)CC1. The van der Waals surface area contributed by atoms with Crippen LogP contribution in [0.1, 0.15) is 25.3 Å². The highest BCUT2D eigenvalue weighted by Crippen LogP contribution is 2.19. The molecule has 0 saturated carbocycles. The quantitative estimate of drug-likeness (QED) is 0.846. The maximum atomic E-state index is 13.1. The summed E-state index contributed by atoms with van der Waals surface area (Å²) in [6.45, 7) is 5.26. The second kappa shape index (κ2) is 7.94. The van der Waals surface area contributed by atoms with Gasteiger partial charge in [0.1, 0.15) is 5.82 Å². The minimum Gasteiger partial charge on any atom is -0.466 e. The lowest BCUT2D eigenvalue weighted by molar-refractivity contribution is -0.151. The molecule has 1 aromatic rings. The van der Waals surface area contributed by atoms with Gasteiger partial charge in [0, 0.05) is 18.8 Å². The number of piperidine rings is 1. The van der Waals surface area contributed by atoms with Crippen molar-refractivity contribution in [3.05, 3.63) is 29.6 Å². The van der Waals surface area contributed by atoms with Crippen molar-refractivity contribution in [2.45, 2.75) is 26.7 Å². The van der Waals surface area contributed by atoms with Crippen molar-refractivity contribution in [1.82, 2.24) is 4.90 Å². The molecule has 23 heavy (non-hydrogen) atoms. The first kappa shape index (κ1) is 17.2. The van der Waals surface area contributed by atoms with Crippen LogP contribution in [-0.4, -0.2) is 43.0 Å². The predicted octanol–water partition coefficient (Wildman–Crippen LogP) is 2.35. The highest BCUT2D eigenvalue weighted by Gasteiger charge is 2.27. The molecule has 1 N–H and O–H groups in total. The molecule has 0 aromatic heterocycles. The maximum Gasteiger partial charge on any atom is 0.309 e. The first-order chi connectivity index (χ1) is 11.0. The maximum absolute atomic E-state index is 13.1. The van der Waals surface area contributed by atoms with Gasteiger partial charge in [-0.15, -0.1) is 0 Å². The Bertz CT molecular complexity index is 569. The standard InChI is InChI=1S/C17H23FN2O3/c1-3-23-17(22)13-6-8-20(9-7-13)16(21)11-19-15-5-4-14(18)10-12(15)2/h4-5,10,13,19H,3,6-9,11H2,1-2H3. The van der Waals surface area contributed by atoms with Crippen molar-refractivity contribution < 1.29 is 18.7 Å². The molecule has 2 rings (SSSR count). The predicted molar refractivity (Wildman–Crippen MR) is 85.6 cm³/mol. The van der Waals surface area contributed by atoms with E-state index in [9.17, 15) is 14.0 Å². The van der Waals surface area contributed by atoms with Gasteiger partial charge in [0.15, 0.2) is 0 Å². The van der Waals surface area contributed by atoms with Gasteiger partial charge in [-0.2, -0.15) is 0 Å². The number of anilines is 1. The van der Waals surface area contributed by atoms with Crippen LogP contribution in [0.3, 0.4) is 0 Å². The Morgan fingerprint density at radius 3 is 2.65 bits per heavy atom. The van der Waals surface area contributed by atoms with Gasteiger partial charge in [0.25, 0.3) is 0 Å². The van der Waals surface area contributed by atoms with Crippen molar-refractivity contribution in [3.63, 3.8) is 0 Å². The summed E-state index contributed by atoms with van der Waals surface area (Å²) in [6, 6.07) is 4.42. The fourth-order valence-electron chi connectivity index (χ4n) is 2.73. The van der Waals surface area contributed by atoms with Gasteiger partial charge in [-0.1, -0.05) is 0 Å². The molecule has 1 amide bonds. The summed E-state index contributed by atoms with van der Waals surface area (Å²) in [6.07, 6.45) is 1.28. The average molecular weight is 322 g/mol. The average Bonchev–Trinajstić information content (AvgIpc) is 2.54. The number of carbonyl (C=O) groups is 2. The lowest BCUT2D eigenvalue weighted by atomic mass is 9.97. The number of carbonyl (C=O) groups excluding carboxylic acids is 2. The molecule has 1 fully saturated rings. The number of hydrogen-bond acceptors (Lipinski definition) is 4. The minimum atomic E-state index is -0.291. The molecule has 1 heterocycles. The van der Waals surface area contributed by atoms with Crippen LogP contribution in [0.15, 0.2) is 18.2 Å². The van der Waals surface area contributed by atoms with Crippen molar-refractivity contribution >= 4 is 17.6 Å². The molecule has 6 heteroatoms. The summed E-state index contributed by atoms with van der Waals surface area (Å²) in [5.41, 5.74) is 1.51. The zero-order chi connectivity index (χ0) is 16.8. The molecule has 5 nitrogen and oxygen atoms in total. The van der Waals surface area contributed by atoms with Crippen LogP contribution in [0, 0.1) is 18.7 Å². The number of esters is 1. The number of hydrogen-bond donors (Lipinski definition) is 1. The third kappa shape index (κ3) is 4.68. The summed E-state index contributed by atoms with van der Waals surface area (Å²) in [5.74, 6) is -0.581. The first-order valence-corrected chi connectivity index (χ1v) is 7.95. The van der Waals surface area contributed by atoms with E-state index in [1.807, 2.05) is 0 Å². The molecule has 1 aromatic carbocycles. The van der Waals surface area contributed by atoms with E-state index < -0.39 is 0 Å². The summed E-state index contributed by atoms with van der Waals surface area (Å²) in [5, 5.41) is 3.04. The summed E-state index contributed by atoms with van der Waals surface area (Å²) < 4.78 is 18.1. The van der Waals surface area contributed by atoms with Crippen molar-refractivity contribution in [1.29, 1.82) is 0 Å². The van der Waals surface area contributed by atoms with E-state index in [-0.39, 0.29) is 30.2 Å². The molecule has 0 spiro atoms. The van der Waals surface area contributed by atoms with Crippen LogP contribution in [0.4, 0.5) is 10.1 Å². The second-order valence-corrected chi connectivity index (χ2v) is 5.72. The van der Waals surface area contributed by atoms with E-state index in [0.717, 1.165) is 11.3 Å². The van der Waals surface area contributed by atoms with Gasteiger partial charge in [-0.3, -0.25) is 9.59 Å². The number of amides is 1. The first-order valence-electron chi connectivity index (χ1n) is 7.95. The zero-order valence-corrected chi connectivity index (χ0v) is 13.6. The molecule has 0 atom stereocenters. The number of benzene rings is 1. The Labute approximate surface area is 135 Å². The number of aryl methyl sites for hydroxylation is 1. The second-order valence-electron chi connectivity index (χ2n) is 5.72. The Balaban J connectivity index is 1.80. The van der Waals surface area contributed by atoms with Crippen molar-refractivity contribution in [2.24, 2.45) is 5.92 Å². The van der Waals surface area contributed by atoms with Gasteiger partial charge >= 0.3 is 5.97 Å². The van der Waals surface area contributed by atoms with E-state index in [4.69, 9.17) is 4.74 Å². The zero-order valence-electron chi connectivity index (χ0n) is 13.6. The molecule has 0 unspecified atom stereocenters. The monoisotopic (exact) mass is 322 g/mol. The number of likely N-dealkylation sites (tertiary alicyclic amines) is 1. The van der Waals surface area contributed by atoms with E-state index in [1.54, 1.807) is 24.8 Å². The molecule has 1 aliphatic rings. The number of ether oxygens (including phenoxy) is 1. The normalized spacial score (nSPS) is 15.3. The molecule has 0 radical (unpaired) electrons. The fraction of sp³-hybridized carbons (Fsp3) is 0.529. The minimum absolute atomic E-state index is 0.0176. The Kier molecular flexibility index (Phi) is 5.96. The number of halogens is 1. The van der Waals surface area contributed by atoms with Crippen LogP contribution in [0.2, 0.25) is 0 Å². The van der Waals surface area contributed by atoms with Crippen molar-refractivity contribution in [2.75, 3.05) is 31.6 Å². The highest BCUT2D eigenvalue weighted by molar-refractivity contribution is 5.81. The molecule has 0 aliphatic carbocycles. The third-order valence-corrected chi connectivity index (χ3v) is 4.09. The molecular formula is C17H23FN2O3. The van der Waals surface area contributed by atoms with E-state index in [1.165, 1.54) is 12.1 Å². The van der Waals surface area contributed by atoms with Crippen LogP contribution in [0.5, 0.6) is 0 Å². The lowest BCUT2D eigenvalue weighted by Crippen LogP contribution is -2.43. The van der Waals surface area contributed by atoms with Gasteiger partial charge in [-0.25, -0.2) is 4.39 Å².